The lowest BCUT2D eigenvalue weighted by Gasteiger charge is -2.43. The third-order valence-electron chi connectivity index (χ3n) is 6.93. The minimum absolute atomic E-state index is 0.0854. The lowest BCUT2D eigenvalue weighted by atomic mass is 9.65. The van der Waals surface area contributed by atoms with Crippen LogP contribution in [0.3, 0.4) is 0 Å². The van der Waals surface area contributed by atoms with Crippen molar-refractivity contribution in [2.75, 3.05) is 0 Å². The smallest absolute Gasteiger partial charge is 0.308 e. The summed E-state index contributed by atoms with van der Waals surface area (Å²) in [6, 6.07) is 0. The summed E-state index contributed by atoms with van der Waals surface area (Å²) < 4.78 is 11.5. The van der Waals surface area contributed by atoms with Crippen LogP contribution in [0.4, 0.5) is 0 Å². The molecule has 0 radical (unpaired) electrons. The topological polar surface area (TPSA) is 72.8 Å². The molecule has 5 heteroatoms. The van der Waals surface area contributed by atoms with E-state index in [-0.39, 0.29) is 42.4 Å². The van der Waals surface area contributed by atoms with Gasteiger partial charge in [0.25, 0.3) is 0 Å². The molecular formula is C24H36O5. The van der Waals surface area contributed by atoms with E-state index in [0.29, 0.717) is 24.2 Å². The number of carbonyl (C=O) groups excluding carboxylic acids is 2. The first-order valence-electron chi connectivity index (χ1n) is 11.3. The van der Waals surface area contributed by atoms with Crippen molar-refractivity contribution in [3.05, 3.63) is 23.8 Å². The summed E-state index contributed by atoms with van der Waals surface area (Å²) >= 11 is 0. The molecule has 0 bridgehead atoms. The number of fused-ring (bicyclic) bond motifs is 1. The van der Waals surface area contributed by atoms with Gasteiger partial charge >= 0.3 is 11.9 Å². The fourth-order valence-corrected chi connectivity index (χ4v) is 5.07. The van der Waals surface area contributed by atoms with Crippen LogP contribution in [0.2, 0.25) is 0 Å². The van der Waals surface area contributed by atoms with E-state index in [9.17, 15) is 14.7 Å². The van der Waals surface area contributed by atoms with Gasteiger partial charge in [-0.2, -0.15) is 0 Å². The quantitative estimate of drug-likeness (QED) is 0.672. The first-order valence-corrected chi connectivity index (χ1v) is 11.3. The van der Waals surface area contributed by atoms with Gasteiger partial charge in [-0.25, -0.2) is 0 Å². The molecule has 8 atom stereocenters. The first kappa shape index (κ1) is 22.1. The molecule has 0 spiro atoms. The van der Waals surface area contributed by atoms with Gasteiger partial charge in [0.1, 0.15) is 12.2 Å². The number of aliphatic hydroxyl groups is 1. The maximum absolute atomic E-state index is 12.5. The molecule has 0 amide bonds. The zero-order valence-corrected chi connectivity index (χ0v) is 18.2. The fourth-order valence-electron chi connectivity index (χ4n) is 5.07. The Morgan fingerprint density at radius 3 is 2.76 bits per heavy atom. The van der Waals surface area contributed by atoms with Crippen molar-refractivity contribution in [2.24, 2.45) is 29.6 Å². The fraction of sp³-hybridized carbons (Fsp3) is 0.750. The van der Waals surface area contributed by atoms with Gasteiger partial charge < -0.3 is 14.6 Å². The van der Waals surface area contributed by atoms with E-state index in [1.165, 1.54) is 5.57 Å². The van der Waals surface area contributed by atoms with E-state index in [1.807, 2.05) is 13.8 Å². The number of carbonyl (C=O) groups is 2. The number of allylic oxidation sites excluding steroid dienone is 3. The molecule has 0 saturated carbocycles. The summed E-state index contributed by atoms with van der Waals surface area (Å²) in [5, 5.41) is 9.89. The minimum Gasteiger partial charge on any atom is -0.462 e. The zero-order chi connectivity index (χ0) is 21.1. The van der Waals surface area contributed by atoms with Crippen molar-refractivity contribution >= 4 is 11.9 Å². The van der Waals surface area contributed by atoms with Gasteiger partial charge in [0.05, 0.1) is 18.4 Å². The summed E-state index contributed by atoms with van der Waals surface area (Å²) in [6.45, 7) is 8.33. The van der Waals surface area contributed by atoms with Gasteiger partial charge in [0.15, 0.2) is 0 Å². The maximum atomic E-state index is 12.5. The molecule has 0 aromatic rings. The predicted molar refractivity (Wildman–Crippen MR) is 111 cm³/mol. The van der Waals surface area contributed by atoms with Crippen molar-refractivity contribution in [1.82, 2.24) is 0 Å². The molecule has 1 fully saturated rings. The number of esters is 2. The second kappa shape index (κ2) is 9.46. The lowest BCUT2D eigenvalue weighted by Crippen LogP contribution is -2.42. The summed E-state index contributed by atoms with van der Waals surface area (Å²) in [4.78, 5) is 24.2. The number of hydrogen-bond donors (Lipinski definition) is 1. The summed E-state index contributed by atoms with van der Waals surface area (Å²) in [7, 11) is 0. The van der Waals surface area contributed by atoms with E-state index in [1.54, 1.807) is 0 Å². The Labute approximate surface area is 174 Å². The van der Waals surface area contributed by atoms with Crippen molar-refractivity contribution in [3.8, 4) is 0 Å². The third kappa shape index (κ3) is 5.30. The van der Waals surface area contributed by atoms with Gasteiger partial charge in [0.2, 0.25) is 0 Å². The summed E-state index contributed by atoms with van der Waals surface area (Å²) in [6.07, 6.45) is 9.70. The third-order valence-corrected chi connectivity index (χ3v) is 6.93. The minimum atomic E-state index is -0.597. The van der Waals surface area contributed by atoms with Crippen LogP contribution in [0.1, 0.15) is 66.2 Å². The van der Waals surface area contributed by atoms with Gasteiger partial charge in [-0.15, -0.1) is 0 Å². The van der Waals surface area contributed by atoms with Crippen LogP contribution in [-0.4, -0.2) is 35.4 Å². The second-order valence-corrected chi connectivity index (χ2v) is 9.36. The van der Waals surface area contributed by atoms with Crippen molar-refractivity contribution in [3.63, 3.8) is 0 Å². The van der Waals surface area contributed by atoms with Crippen molar-refractivity contribution in [1.29, 1.82) is 0 Å². The van der Waals surface area contributed by atoms with E-state index in [0.717, 1.165) is 25.7 Å². The molecule has 2 aliphatic carbocycles. The Morgan fingerprint density at radius 2 is 2.07 bits per heavy atom. The van der Waals surface area contributed by atoms with Crippen LogP contribution in [-0.2, 0) is 19.1 Å². The Balaban J connectivity index is 1.74. The molecule has 5 nitrogen and oxygen atoms in total. The summed E-state index contributed by atoms with van der Waals surface area (Å²) in [5.74, 6) is 0.755. The molecule has 0 aromatic heterocycles. The monoisotopic (exact) mass is 404 g/mol. The number of rotatable bonds is 6. The van der Waals surface area contributed by atoms with Gasteiger partial charge in [0, 0.05) is 12.3 Å². The normalized spacial score (nSPS) is 37.9. The molecule has 1 aliphatic heterocycles. The molecule has 1 heterocycles. The van der Waals surface area contributed by atoms with E-state index in [2.05, 4.69) is 32.1 Å². The number of hydrogen-bond acceptors (Lipinski definition) is 5. The highest BCUT2D eigenvalue weighted by molar-refractivity contribution is 5.72. The average Bonchev–Trinajstić information content (AvgIpc) is 2.65. The summed E-state index contributed by atoms with van der Waals surface area (Å²) in [5.41, 5.74) is 1.27. The highest BCUT2D eigenvalue weighted by Crippen LogP contribution is 2.45. The van der Waals surface area contributed by atoms with Gasteiger partial charge in [-0.05, 0) is 49.0 Å². The molecule has 3 rings (SSSR count). The van der Waals surface area contributed by atoms with Crippen LogP contribution in [0, 0.1) is 29.6 Å². The molecule has 3 unspecified atom stereocenters. The molecule has 1 N–H and O–H groups in total. The number of cyclic esters (lactones) is 1. The second-order valence-electron chi connectivity index (χ2n) is 9.36. The molecule has 162 valence electrons. The Bertz CT molecular complexity index is 666. The Kier molecular flexibility index (Phi) is 7.20. The average molecular weight is 405 g/mol. The highest BCUT2D eigenvalue weighted by Gasteiger charge is 2.42. The van der Waals surface area contributed by atoms with E-state index in [4.69, 9.17) is 9.47 Å². The van der Waals surface area contributed by atoms with Crippen LogP contribution < -0.4 is 0 Å². The van der Waals surface area contributed by atoms with Crippen LogP contribution in [0.15, 0.2) is 23.8 Å². The van der Waals surface area contributed by atoms with Crippen molar-refractivity contribution in [2.45, 2.75) is 84.5 Å². The number of ether oxygens (including phenoxy) is 2. The van der Waals surface area contributed by atoms with E-state index >= 15 is 0 Å². The zero-order valence-electron chi connectivity index (χ0n) is 18.2. The maximum Gasteiger partial charge on any atom is 0.308 e. The van der Waals surface area contributed by atoms with Crippen molar-refractivity contribution < 1.29 is 24.2 Å². The highest BCUT2D eigenvalue weighted by atomic mass is 16.5. The molecule has 1 saturated heterocycles. The van der Waals surface area contributed by atoms with Crippen LogP contribution >= 0.6 is 0 Å². The molecular weight excluding hydrogens is 368 g/mol. The van der Waals surface area contributed by atoms with Crippen LogP contribution in [0.25, 0.3) is 0 Å². The van der Waals surface area contributed by atoms with Crippen LogP contribution in [0.5, 0.6) is 0 Å². The predicted octanol–water partition coefficient (Wildman–Crippen LogP) is 4.20. The SMILES string of the molecule is CC[C@H](C)C(=O)OC1C[C@@H](C)C=C2C=C[C@H](C)[C@H](CCC3C[C@@H](O)CC(=O)O3)C21. The van der Waals surface area contributed by atoms with Gasteiger partial charge in [-0.3, -0.25) is 9.59 Å². The molecule has 0 aromatic carbocycles. The molecule has 29 heavy (non-hydrogen) atoms. The number of aliphatic hydroxyl groups excluding tert-OH is 1. The largest absolute Gasteiger partial charge is 0.462 e. The first-order chi connectivity index (χ1) is 13.8. The lowest BCUT2D eigenvalue weighted by molar-refractivity contribution is -0.162. The van der Waals surface area contributed by atoms with Gasteiger partial charge in [-0.1, -0.05) is 45.9 Å². The molecule has 3 aliphatic rings. The Morgan fingerprint density at radius 1 is 1.31 bits per heavy atom. The van der Waals surface area contributed by atoms with E-state index < -0.39 is 6.10 Å². The Hall–Kier alpha value is -1.62. The standard InChI is InChI=1S/C24H36O5/c1-5-15(3)24(27)29-21-11-14(2)10-17-7-6-16(4)20(23(17)21)9-8-19-12-18(25)13-22(26)28-19/h6-7,10,14-16,18-21,23,25H,5,8-9,11-13H2,1-4H3/t14-,15-,16-,18+,19?,20-,21?,23?/m0/s1.